The number of benzene rings is 2. The molecule has 0 bridgehead atoms. The molecule has 198 valence electrons. The maximum absolute atomic E-state index is 13.6. The fourth-order valence-electron chi connectivity index (χ4n) is 4.81. The molecule has 0 unspecified atom stereocenters. The van der Waals surface area contributed by atoms with Crippen LogP contribution in [0.5, 0.6) is 0 Å². The lowest BCUT2D eigenvalue weighted by Gasteiger charge is -2.55. The molecule has 2 saturated heterocycles. The van der Waals surface area contributed by atoms with Gasteiger partial charge in [-0.25, -0.2) is 14.2 Å². The van der Waals surface area contributed by atoms with Crippen molar-refractivity contribution >= 4 is 52.0 Å². The molecule has 0 saturated carbocycles. The molecule has 2 heterocycles. The van der Waals surface area contributed by atoms with Crippen molar-refractivity contribution in [1.82, 2.24) is 25.1 Å². The van der Waals surface area contributed by atoms with E-state index in [1.807, 2.05) is 25.1 Å². The first-order chi connectivity index (χ1) is 17.8. The summed E-state index contributed by atoms with van der Waals surface area (Å²) in [6, 6.07) is 12.2. The van der Waals surface area contributed by atoms with Crippen LogP contribution in [0.3, 0.4) is 0 Å². The van der Waals surface area contributed by atoms with Crippen molar-refractivity contribution < 1.29 is 18.8 Å². The Hall–Kier alpha value is -2.44. The number of hydrogen-bond acceptors (Lipinski definition) is 4. The van der Waals surface area contributed by atoms with Crippen molar-refractivity contribution in [2.45, 2.75) is 51.5 Å². The van der Waals surface area contributed by atoms with Crippen molar-refractivity contribution in [3.8, 4) is 0 Å². The third kappa shape index (κ3) is 6.18. The summed E-state index contributed by atoms with van der Waals surface area (Å²) in [5, 5.41) is 6.72. The third-order valence-corrected chi connectivity index (χ3v) is 7.84. The van der Waals surface area contributed by atoms with Crippen molar-refractivity contribution in [3.05, 3.63) is 70.5 Å². The molecular formula is C26H30ClFIN5O3. The van der Waals surface area contributed by atoms with Crippen LogP contribution in [0.4, 0.5) is 9.18 Å². The van der Waals surface area contributed by atoms with Crippen LogP contribution in [0, 0.1) is 5.82 Å². The molecule has 0 aromatic heterocycles. The molecule has 0 spiro atoms. The van der Waals surface area contributed by atoms with Crippen LogP contribution in [0.1, 0.15) is 37.3 Å². The van der Waals surface area contributed by atoms with Gasteiger partial charge >= 0.3 is 6.03 Å². The number of piperazine rings is 1. The minimum atomic E-state index is -0.661. The van der Waals surface area contributed by atoms with Gasteiger partial charge < -0.3 is 15.1 Å². The smallest absolute Gasteiger partial charge is 0.333 e. The van der Waals surface area contributed by atoms with E-state index in [4.69, 9.17) is 11.6 Å². The minimum Gasteiger partial charge on any atom is -0.333 e. The molecule has 4 amide bonds. The Bertz CT molecular complexity index is 1140. The molecule has 2 fully saturated rings. The van der Waals surface area contributed by atoms with Crippen LogP contribution >= 0.6 is 34.2 Å². The first kappa shape index (κ1) is 27.6. The Kier molecular flexibility index (Phi) is 9.25. The first-order valence-corrected chi connectivity index (χ1v) is 14.2. The molecule has 2 aromatic carbocycles. The van der Waals surface area contributed by atoms with Crippen molar-refractivity contribution in [3.63, 3.8) is 0 Å². The van der Waals surface area contributed by atoms with Crippen molar-refractivity contribution in [2.75, 3.05) is 17.6 Å². The van der Waals surface area contributed by atoms with E-state index in [-0.39, 0.29) is 49.8 Å². The number of nitrogens with one attached hydrogen (secondary N) is 1. The standard InChI is InChI=1S/C26H30ClFIN5O3/c1-2-3-8-22-25(36)31(14-19-6-4-5-7-21(19)27)15-23-33(22)24(35)16-32(17-29)34(23)26(37)30-13-18-9-11-20(28)12-10-18/h4-7,9-12,22-23H,2-3,8,13-17H2,1H3,(H,30,37)/t22-,23-/m0/s1. The molecule has 1 N–H and O–H groups in total. The number of carbonyl (C=O) groups excluding carboxylic acids is 3. The zero-order chi connectivity index (χ0) is 26.5. The van der Waals surface area contributed by atoms with E-state index in [2.05, 4.69) is 27.9 Å². The highest BCUT2D eigenvalue weighted by Gasteiger charge is 2.51. The Morgan fingerprint density at radius 1 is 1.16 bits per heavy atom. The summed E-state index contributed by atoms with van der Waals surface area (Å²) in [6.07, 6.45) is 1.51. The average Bonchev–Trinajstić information content (AvgIpc) is 2.89. The topological polar surface area (TPSA) is 76.2 Å². The number of hydrazine groups is 1. The lowest BCUT2D eigenvalue weighted by Crippen LogP contribution is -2.76. The maximum Gasteiger partial charge on any atom is 0.334 e. The van der Waals surface area contributed by atoms with Crippen molar-refractivity contribution in [1.29, 1.82) is 0 Å². The van der Waals surface area contributed by atoms with E-state index in [1.165, 1.54) is 12.1 Å². The molecular weight excluding hydrogens is 612 g/mol. The summed E-state index contributed by atoms with van der Waals surface area (Å²) in [5.74, 6) is -0.649. The Balaban J connectivity index is 1.62. The Morgan fingerprint density at radius 2 is 1.89 bits per heavy atom. The molecule has 2 aromatic rings. The lowest BCUT2D eigenvalue weighted by molar-refractivity contribution is -0.188. The summed E-state index contributed by atoms with van der Waals surface area (Å²) >= 11 is 8.52. The molecule has 2 atom stereocenters. The summed E-state index contributed by atoms with van der Waals surface area (Å²) in [7, 11) is 0. The number of alkyl halides is 1. The monoisotopic (exact) mass is 641 g/mol. The van der Waals surface area contributed by atoms with Crippen LogP contribution in [-0.4, -0.2) is 67.5 Å². The minimum absolute atomic E-state index is 0.00380. The normalized spacial score (nSPS) is 20.3. The molecule has 8 nitrogen and oxygen atoms in total. The van der Waals surface area contributed by atoms with Gasteiger partial charge in [0.2, 0.25) is 11.8 Å². The zero-order valence-corrected chi connectivity index (χ0v) is 23.5. The summed E-state index contributed by atoms with van der Waals surface area (Å²) < 4.78 is 13.7. The number of unbranched alkanes of at least 4 members (excludes halogenated alkanes) is 1. The Labute approximate surface area is 234 Å². The number of amides is 4. The SMILES string of the molecule is CCCC[C@H]1C(=O)N(Cc2ccccc2Cl)C[C@H]2N1C(=O)CN(CI)N2C(=O)NCc1ccc(F)cc1. The third-order valence-electron chi connectivity index (χ3n) is 6.68. The quantitative estimate of drug-likeness (QED) is 0.264. The lowest BCUT2D eigenvalue weighted by atomic mass is 10.0. The molecule has 0 radical (unpaired) electrons. The highest BCUT2D eigenvalue weighted by atomic mass is 127. The molecule has 4 rings (SSSR count). The summed E-state index contributed by atoms with van der Waals surface area (Å²) in [6.45, 7) is 2.69. The van der Waals surface area contributed by atoms with Crippen LogP contribution in [0.25, 0.3) is 0 Å². The second kappa shape index (κ2) is 12.4. The highest BCUT2D eigenvalue weighted by Crippen LogP contribution is 2.30. The Morgan fingerprint density at radius 3 is 2.57 bits per heavy atom. The van der Waals surface area contributed by atoms with E-state index in [0.29, 0.717) is 16.0 Å². The van der Waals surface area contributed by atoms with Gasteiger partial charge in [0.1, 0.15) is 18.0 Å². The molecule has 11 heteroatoms. The van der Waals surface area contributed by atoms with E-state index < -0.39 is 12.2 Å². The van der Waals surface area contributed by atoms with Crippen LogP contribution in [0.15, 0.2) is 48.5 Å². The number of hydrogen-bond donors (Lipinski definition) is 1. The molecule has 2 aliphatic rings. The fourth-order valence-corrected chi connectivity index (χ4v) is 5.57. The predicted octanol–water partition coefficient (Wildman–Crippen LogP) is 4.37. The molecule has 0 aliphatic carbocycles. The van der Waals surface area contributed by atoms with Crippen LogP contribution in [-0.2, 0) is 22.7 Å². The van der Waals surface area contributed by atoms with Gasteiger partial charge in [0.05, 0.1) is 17.6 Å². The van der Waals surface area contributed by atoms with Gasteiger partial charge in [-0.2, -0.15) is 5.01 Å². The number of rotatable bonds is 8. The first-order valence-electron chi connectivity index (χ1n) is 12.3. The van der Waals surface area contributed by atoms with E-state index in [0.717, 1.165) is 24.0 Å². The van der Waals surface area contributed by atoms with E-state index >= 15 is 0 Å². The van der Waals surface area contributed by atoms with Gasteiger partial charge in [-0.1, -0.05) is 84.3 Å². The number of halogens is 3. The second-order valence-corrected chi connectivity index (χ2v) is 10.3. The number of carbonyl (C=O) groups is 3. The van der Waals surface area contributed by atoms with Crippen LogP contribution in [0.2, 0.25) is 5.02 Å². The highest BCUT2D eigenvalue weighted by molar-refractivity contribution is 14.1. The number of urea groups is 1. The van der Waals surface area contributed by atoms with Gasteiger partial charge in [0.25, 0.3) is 0 Å². The summed E-state index contributed by atoms with van der Waals surface area (Å²) in [4.78, 5) is 43.8. The number of fused-ring (bicyclic) bond motifs is 1. The van der Waals surface area contributed by atoms with Gasteiger partial charge in [-0.3, -0.25) is 9.59 Å². The summed E-state index contributed by atoms with van der Waals surface area (Å²) in [5.41, 5.74) is 1.56. The van der Waals surface area contributed by atoms with Gasteiger partial charge in [0, 0.05) is 18.1 Å². The second-order valence-electron chi connectivity index (χ2n) is 9.16. The zero-order valence-electron chi connectivity index (χ0n) is 20.6. The average molecular weight is 642 g/mol. The number of nitrogens with zero attached hydrogens (tertiary/aromatic N) is 4. The van der Waals surface area contributed by atoms with Gasteiger partial charge in [-0.05, 0) is 35.7 Å². The van der Waals surface area contributed by atoms with Gasteiger partial charge in [-0.15, -0.1) is 0 Å². The predicted molar refractivity (Wildman–Crippen MR) is 147 cm³/mol. The van der Waals surface area contributed by atoms with Crippen molar-refractivity contribution in [2.24, 2.45) is 0 Å². The fraction of sp³-hybridized carbons (Fsp3) is 0.423. The van der Waals surface area contributed by atoms with E-state index in [9.17, 15) is 18.8 Å². The molecule has 2 aliphatic heterocycles. The van der Waals surface area contributed by atoms with E-state index in [1.54, 1.807) is 38.0 Å². The largest absolute Gasteiger partial charge is 0.334 e. The van der Waals surface area contributed by atoms with Crippen LogP contribution < -0.4 is 5.32 Å². The maximum atomic E-state index is 13.6. The molecule has 37 heavy (non-hydrogen) atoms. The van der Waals surface area contributed by atoms with Gasteiger partial charge in [0.15, 0.2) is 0 Å².